The van der Waals surface area contributed by atoms with E-state index in [1.54, 1.807) is 0 Å². The van der Waals surface area contributed by atoms with Gasteiger partial charge in [-0.3, -0.25) is 0 Å². The molecule has 1 rings (SSSR count). The summed E-state index contributed by atoms with van der Waals surface area (Å²) in [5.41, 5.74) is -4.29. The molecule has 2 nitrogen and oxygen atoms in total. The minimum atomic E-state index is -4.29. The number of hydrogen-bond donors (Lipinski definition) is 0. The van der Waals surface area contributed by atoms with Crippen molar-refractivity contribution < 1.29 is 17.7 Å². The van der Waals surface area contributed by atoms with E-state index in [9.17, 15) is 13.2 Å². The number of rotatable bonds is 1. The molecule has 0 aliphatic rings. The van der Waals surface area contributed by atoms with Gasteiger partial charge in [-0.05, 0) is 6.92 Å². The molecule has 0 N–H and O–H groups in total. The fraction of sp³-hybridized carbons (Fsp3) is 0.400. The number of hydrogen-bond acceptors (Lipinski definition) is 3. The Morgan fingerprint density at radius 1 is 1.55 bits per heavy atom. The Morgan fingerprint density at radius 3 is 2.55 bits per heavy atom. The van der Waals surface area contributed by atoms with E-state index in [2.05, 4.69) is 9.68 Å². The smallest absolute Gasteiger partial charge is 0.361 e. The van der Waals surface area contributed by atoms with E-state index in [-0.39, 0.29) is 16.8 Å². The maximum atomic E-state index is 11.6. The molecule has 0 unspecified atom stereocenters. The molecular formula is C5H4F3NOS. The molecule has 0 radical (unpaired) electrons. The zero-order chi connectivity index (χ0) is 8.48. The number of nitrogens with zero attached hydrogens (tertiary/aromatic N) is 1. The van der Waals surface area contributed by atoms with Gasteiger partial charge < -0.3 is 4.52 Å². The highest BCUT2D eigenvalue weighted by Gasteiger charge is 2.30. The van der Waals surface area contributed by atoms with Crippen molar-refractivity contribution in [1.29, 1.82) is 0 Å². The van der Waals surface area contributed by atoms with Crippen LogP contribution < -0.4 is 0 Å². The average molecular weight is 183 g/mol. The van der Waals surface area contributed by atoms with Gasteiger partial charge in [-0.2, -0.15) is 13.2 Å². The minimum Gasteiger partial charge on any atom is -0.361 e. The first kappa shape index (κ1) is 8.45. The van der Waals surface area contributed by atoms with Gasteiger partial charge in [-0.25, -0.2) is 0 Å². The van der Waals surface area contributed by atoms with Crippen LogP contribution in [0.3, 0.4) is 0 Å². The van der Waals surface area contributed by atoms with Crippen LogP contribution in [0.15, 0.2) is 15.6 Å². The van der Waals surface area contributed by atoms with E-state index < -0.39 is 5.51 Å². The third-order valence-corrected chi connectivity index (χ3v) is 1.46. The van der Waals surface area contributed by atoms with Gasteiger partial charge in [0.05, 0.1) is 0 Å². The second-order valence-corrected chi connectivity index (χ2v) is 2.91. The van der Waals surface area contributed by atoms with Gasteiger partial charge in [0.15, 0.2) is 0 Å². The lowest BCUT2D eigenvalue weighted by Gasteiger charge is -1.99. The van der Waals surface area contributed by atoms with Gasteiger partial charge >= 0.3 is 5.51 Å². The molecule has 0 amide bonds. The van der Waals surface area contributed by atoms with Crippen molar-refractivity contribution in [3.8, 4) is 0 Å². The molecule has 62 valence electrons. The molecule has 0 fully saturated rings. The van der Waals surface area contributed by atoms with Crippen molar-refractivity contribution in [2.45, 2.75) is 17.5 Å². The van der Waals surface area contributed by atoms with Gasteiger partial charge in [0.25, 0.3) is 0 Å². The second-order valence-electron chi connectivity index (χ2n) is 1.82. The molecule has 0 atom stereocenters. The molecule has 6 heteroatoms. The Hall–Kier alpha value is -0.650. The highest BCUT2D eigenvalue weighted by molar-refractivity contribution is 8.00. The first-order valence-corrected chi connectivity index (χ1v) is 3.48. The third-order valence-electron chi connectivity index (χ3n) is 0.827. The fourth-order valence-corrected chi connectivity index (χ4v) is 1.05. The molecule has 0 bridgehead atoms. The first-order chi connectivity index (χ1) is 4.97. The van der Waals surface area contributed by atoms with Gasteiger partial charge in [-0.1, -0.05) is 5.16 Å². The lowest BCUT2D eigenvalue weighted by Crippen LogP contribution is -1.98. The van der Waals surface area contributed by atoms with E-state index >= 15 is 0 Å². The maximum absolute atomic E-state index is 11.6. The maximum Gasteiger partial charge on any atom is 0.447 e. The summed E-state index contributed by atoms with van der Waals surface area (Å²) in [5, 5.41) is 3.01. The summed E-state index contributed by atoms with van der Waals surface area (Å²) in [7, 11) is 0. The Morgan fingerprint density at radius 2 is 2.18 bits per heavy atom. The summed E-state index contributed by atoms with van der Waals surface area (Å²) >= 11 is -0.283. The van der Waals surface area contributed by atoms with Crippen LogP contribution in [-0.2, 0) is 0 Å². The number of aromatic nitrogens is 1. The number of thioether (sulfide) groups is 1. The Bertz CT molecular complexity index is 244. The van der Waals surface area contributed by atoms with Gasteiger partial charge in [0, 0.05) is 17.8 Å². The standard InChI is InChI=1S/C5H4F3NOS/c1-3-2-4(9-10-3)11-5(6,7)8/h2H,1H3. The SMILES string of the molecule is Cc1cc(SC(F)(F)F)no1. The second kappa shape index (κ2) is 2.77. The lowest BCUT2D eigenvalue weighted by atomic mass is 10.5. The number of aryl methyl sites for hydroxylation is 1. The van der Waals surface area contributed by atoms with Gasteiger partial charge in [0.2, 0.25) is 0 Å². The van der Waals surface area contributed by atoms with Crippen LogP contribution >= 0.6 is 11.8 Å². The Kier molecular flexibility index (Phi) is 2.12. The summed E-state index contributed by atoms with van der Waals surface area (Å²) in [6.45, 7) is 1.54. The van der Waals surface area contributed by atoms with Crippen LogP contribution in [0.2, 0.25) is 0 Å². The van der Waals surface area contributed by atoms with E-state index in [0.717, 1.165) is 0 Å². The predicted molar refractivity (Wildman–Crippen MR) is 33.2 cm³/mol. The number of alkyl halides is 3. The Labute approximate surface area is 64.7 Å². The van der Waals surface area contributed by atoms with Crippen LogP contribution in [0, 0.1) is 6.92 Å². The predicted octanol–water partition coefficient (Wildman–Crippen LogP) is 2.59. The monoisotopic (exact) mass is 183 g/mol. The van der Waals surface area contributed by atoms with E-state index in [1.807, 2.05) is 0 Å². The van der Waals surface area contributed by atoms with Crippen LogP contribution in [0.25, 0.3) is 0 Å². The first-order valence-electron chi connectivity index (χ1n) is 2.66. The molecule has 0 aliphatic carbocycles. The van der Waals surface area contributed by atoms with Crippen molar-refractivity contribution in [1.82, 2.24) is 5.16 Å². The minimum absolute atomic E-state index is 0.157. The van der Waals surface area contributed by atoms with Crippen molar-refractivity contribution in [2.24, 2.45) is 0 Å². The quantitative estimate of drug-likeness (QED) is 0.626. The molecule has 11 heavy (non-hydrogen) atoms. The van der Waals surface area contributed by atoms with Crippen molar-refractivity contribution in [3.05, 3.63) is 11.8 Å². The summed E-state index contributed by atoms with van der Waals surface area (Å²) in [6.07, 6.45) is 0. The normalized spacial score (nSPS) is 12.0. The third kappa shape index (κ3) is 2.83. The number of halogens is 3. The van der Waals surface area contributed by atoms with Gasteiger partial charge in [0.1, 0.15) is 10.8 Å². The molecule has 1 aromatic heterocycles. The van der Waals surface area contributed by atoms with Crippen molar-refractivity contribution in [2.75, 3.05) is 0 Å². The van der Waals surface area contributed by atoms with Gasteiger partial charge in [-0.15, -0.1) is 0 Å². The van der Waals surface area contributed by atoms with Crippen molar-refractivity contribution >= 4 is 11.8 Å². The largest absolute Gasteiger partial charge is 0.447 e. The molecule has 1 aromatic rings. The van der Waals surface area contributed by atoms with Crippen molar-refractivity contribution in [3.63, 3.8) is 0 Å². The lowest BCUT2D eigenvalue weighted by molar-refractivity contribution is -0.0330. The zero-order valence-corrected chi connectivity index (χ0v) is 6.29. The molecule has 0 aliphatic heterocycles. The zero-order valence-electron chi connectivity index (χ0n) is 5.47. The summed E-state index contributed by atoms with van der Waals surface area (Å²) < 4.78 is 39.3. The average Bonchev–Trinajstić information content (AvgIpc) is 2.10. The van der Waals surface area contributed by atoms with Crippen LogP contribution in [0.1, 0.15) is 5.76 Å². The highest BCUT2D eigenvalue weighted by Crippen LogP contribution is 2.35. The van der Waals surface area contributed by atoms with E-state index in [0.29, 0.717) is 5.76 Å². The summed E-state index contributed by atoms with van der Waals surface area (Å²) in [4.78, 5) is 0. The topological polar surface area (TPSA) is 26.0 Å². The Balaban J connectivity index is 2.65. The summed E-state index contributed by atoms with van der Waals surface area (Å²) in [5.74, 6) is 0.372. The van der Waals surface area contributed by atoms with E-state index in [4.69, 9.17) is 0 Å². The molecule has 1 heterocycles. The fourth-order valence-electron chi connectivity index (χ4n) is 0.510. The van der Waals surface area contributed by atoms with E-state index in [1.165, 1.54) is 13.0 Å². The molecule has 0 spiro atoms. The molecule has 0 saturated heterocycles. The highest BCUT2D eigenvalue weighted by atomic mass is 32.2. The molecule has 0 aromatic carbocycles. The summed E-state index contributed by atoms with van der Waals surface area (Å²) in [6, 6.07) is 1.23. The molecule has 0 saturated carbocycles. The van der Waals surface area contributed by atoms with Crippen LogP contribution in [0.4, 0.5) is 13.2 Å². The van der Waals surface area contributed by atoms with Crippen LogP contribution in [0.5, 0.6) is 0 Å². The molecular weight excluding hydrogens is 179 g/mol. The van der Waals surface area contributed by atoms with Crippen LogP contribution in [-0.4, -0.2) is 10.7 Å².